The molecule has 28 heavy (non-hydrogen) atoms. The molecule has 1 aliphatic rings. The molecule has 1 aromatic heterocycles. The summed E-state index contributed by atoms with van der Waals surface area (Å²) in [6.45, 7) is 0.871. The first-order chi connectivity index (χ1) is 13.5. The average molecular weight is 385 g/mol. The van der Waals surface area contributed by atoms with Crippen molar-refractivity contribution < 1.29 is 19.2 Å². The lowest BCUT2D eigenvalue weighted by Gasteiger charge is -2.28. The van der Waals surface area contributed by atoms with Gasteiger partial charge in [0.1, 0.15) is 6.61 Å². The predicted molar refractivity (Wildman–Crippen MR) is 103 cm³/mol. The van der Waals surface area contributed by atoms with E-state index in [1.807, 2.05) is 0 Å². The average Bonchev–Trinajstić information content (AvgIpc) is 3.21. The molecule has 1 saturated carbocycles. The zero-order valence-electron chi connectivity index (χ0n) is 15.7. The highest BCUT2D eigenvalue weighted by Crippen LogP contribution is 2.42. The van der Waals surface area contributed by atoms with Crippen molar-refractivity contribution in [3.8, 4) is 5.88 Å². The molecule has 1 fully saturated rings. The zero-order valence-corrected chi connectivity index (χ0v) is 15.7. The minimum atomic E-state index is -0.678. The van der Waals surface area contributed by atoms with Gasteiger partial charge in [-0.25, -0.2) is 4.98 Å². The second-order valence-corrected chi connectivity index (χ2v) is 6.77. The first kappa shape index (κ1) is 19.8. The molecule has 0 unspecified atom stereocenters. The summed E-state index contributed by atoms with van der Waals surface area (Å²) in [6.07, 6.45) is 4.85. The van der Waals surface area contributed by atoms with E-state index in [1.54, 1.807) is 37.6 Å². The van der Waals surface area contributed by atoms with E-state index in [4.69, 9.17) is 9.47 Å². The fourth-order valence-electron chi connectivity index (χ4n) is 3.55. The number of aromatic nitrogens is 1. The van der Waals surface area contributed by atoms with Crippen molar-refractivity contribution in [2.45, 2.75) is 31.1 Å². The molecule has 8 nitrogen and oxygen atoms in total. The van der Waals surface area contributed by atoms with Crippen LogP contribution >= 0.6 is 0 Å². The molecule has 1 amide bonds. The number of methoxy groups -OCH3 is 1. The van der Waals surface area contributed by atoms with Gasteiger partial charge in [0.25, 0.3) is 5.69 Å². The number of rotatable bonds is 8. The third-order valence-corrected chi connectivity index (χ3v) is 5.05. The summed E-state index contributed by atoms with van der Waals surface area (Å²) in [4.78, 5) is 27.8. The highest BCUT2D eigenvalue weighted by molar-refractivity contribution is 5.99. The van der Waals surface area contributed by atoms with Crippen LogP contribution in [0.2, 0.25) is 0 Å². The standard InChI is InChI=1S/C20H23N3O5/c1-27-12-13-28-18-9-6-16(14-21-18)22-19(24)20(10-2-3-11-20)15-4-7-17(8-5-15)23(25)26/h4-9,14H,2-3,10-13H2,1H3,(H,22,24). The normalized spacial score (nSPS) is 15.2. The summed E-state index contributed by atoms with van der Waals surface area (Å²) in [5, 5.41) is 13.8. The maximum atomic E-state index is 13.1. The SMILES string of the molecule is COCCOc1ccc(NC(=O)C2(c3ccc([N+](=O)[O-])cc3)CCCC2)cn1. The minimum absolute atomic E-state index is 0.0190. The lowest BCUT2D eigenvalue weighted by atomic mass is 9.78. The van der Waals surface area contributed by atoms with Crippen LogP contribution in [0.4, 0.5) is 11.4 Å². The Bertz CT molecular complexity index is 815. The van der Waals surface area contributed by atoms with E-state index in [9.17, 15) is 14.9 Å². The van der Waals surface area contributed by atoms with Crippen LogP contribution in [0, 0.1) is 10.1 Å². The van der Waals surface area contributed by atoms with Crippen molar-refractivity contribution in [2.75, 3.05) is 25.6 Å². The second-order valence-electron chi connectivity index (χ2n) is 6.77. The monoisotopic (exact) mass is 385 g/mol. The molecule has 1 heterocycles. The van der Waals surface area contributed by atoms with Crippen LogP contribution in [-0.4, -0.2) is 36.1 Å². The number of non-ortho nitro benzene ring substituents is 1. The van der Waals surface area contributed by atoms with Crippen molar-refractivity contribution in [1.29, 1.82) is 0 Å². The van der Waals surface area contributed by atoms with Crippen LogP contribution in [0.3, 0.4) is 0 Å². The smallest absolute Gasteiger partial charge is 0.269 e. The van der Waals surface area contributed by atoms with Gasteiger partial charge in [-0.1, -0.05) is 25.0 Å². The van der Waals surface area contributed by atoms with Crippen molar-refractivity contribution in [3.63, 3.8) is 0 Å². The van der Waals surface area contributed by atoms with Crippen molar-refractivity contribution in [2.24, 2.45) is 0 Å². The van der Waals surface area contributed by atoms with Gasteiger partial charge >= 0.3 is 0 Å². The van der Waals surface area contributed by atoms with E-state index in [1.165, 1.54) is 12.1 Å². The molecular formula is C20H23N3O5. The molecule has 0 spiro atoms. The number of carbonyl (C=O) groups excluding carboxylic acids is 1. The van der Waals surface area contributed by atoms with E-state index in [0.717, 1.165) is 18.4 Å². The van der Waals surface area contributed by atoms with Crippen LogP contribution in [0.5, 0.6) is 5.88 Å². The highest BCUT2D eigenvalue weighted by Gasteiger charge is 2.42. The minimum Gasteiger partial charge on any atom is -0.475 e. The van der Waals surface area contributed by atoms with Gasteiger partial charge in [0.05, 0.1) is 28.8 Å². The van der Waals surface area contributed by atoms with Crippen LogP contribution in [0.1, 0.15) is 31.2 Å². The second kappa shape index (κ2) is 8.79. The Kier molecular flexibility index (Phi) is 6.20. The molecule has 8 heteroatoms. The third-order valence-electron chi connectivity index (χ3n) is 5.05. The van der Waals surface area contributed by atoms with Gasteiger partial charge in [0, 0.05) is 25.3 Å². The van der Waals surface area contributed by atoms with Crippen LogP contribution in [0.15, 0.2) is 42.6 Å². The number of amides is 1. The maximum absolute atomic E-state index is 13.1. The molecule has 0 aliphatic heterocycles. The molecule has 0 bridgehead atoms. The summed E-state index contributed by atoms with van der Waals surface area (Å²) in [6, 6.07) is 9.72. The van der Waals surface area contributed by atoms with Gasteiger partial charge in [-0.05, 0) is 24.5 Å². The molecule has 2 aromatic rings. The topological polar surface area (TPSA) is 104 Å². The number of carbonyl (C=O) groups is 1. The number of nitro groups is 1. The summed E-state index contributed by atoms with van der Waals surface area (Å²) in [7, 11) is 1.60. The Morgan fingerprint density at radius 1 is 1.18 bits per heavy atom. The number of benzene rings is 1. The largest absolute Gasteiger partial charge is 0.475 e. The summed E-state index contributed by atoms with van der Waals surface area (Å²) < 4.78 is 10.3. The molecule has 0 saturated heterocycles. The number of nitrogens with one attached hydrogen (secondary N) is 1. The Labute approximate surface area is 163 Å². The molecule has 1 aliphatic carbocycles. The Morgan fingerprint density at radius 2 is 1.89 bits per heavy atom. The lowest BCUT2D eigenvalue weighted by Crippen LogP contribution is -2.38. The van der Waals surface area contributed by atoms with E-state index >= 15 is 0 Å². The van der Waals surface area contributed by atoms with Gasteiger partial charge in [0.15, 0.2) is 0 Å². The van der Waals surface area contributed by atoms with Gasteiger partial charge < -0.3 is 14.8 Å². The first-order valence-electron chi connectivity index (χ1n) is 9.19. The summed E-state index contributed by atoms with van der Waals surface area (Å²) >= 11 is 0. The first-order valence-corrected chi connectivity index (χ1v) is 9.19. The summed E-state index contributed by atoms with van der Waals surface area (Å²) in [5.74, 6) is 0.342. The highest BCUT2D eigenvalue weighted by atomic mass is 16.6. The van der Waals surface area contributed by atoms with E-state index in [-0.39, 0.29) is 11.6 Å². The number of nitrogens with zero attached hydrogens (tertiary/aromatic N) is 2. The number of hydrogen-bond donors (Lipinski definition) is 1. The zero-order chi connectivity index (χ0) is 20.0. The van der Waals surface area contributed by atoms with Gasteiger partial charge in [0.2, 0.25) is 11.8 Å². The van der Waals surface area contributed by atoms with Crippen LogP contribution < -0.4 is 10.1 Å². The Hall–Kier alpha value is -3.00. The maximum Gasteiger partial charge on any atom is 0.269 e. The fraction of sp³-hybridized carbons (Fsp3) is 0.400. The fourth-order valence-corrected chi connectivity index (χ4v) is 3.55. The van der Waals surface area contributed by atoms with Gasteiger partial charge in [-0.3, -0.25) is 14.9 Å². The van der Waals surface area contributed by atoms with Crippen LogP contribution in [0.25, 0.3) is 0 Å². The van der Waals surface area contributed by atoms with Crippen molar-refractivity contribution in [3.05, 3.63) is 58.3 Å². The summed E-state index contributed by atoms with van der Waals surface area (Å²) in [5.41, 5.74) is 0.728. The number of hydrogen-bond acceptors (Lipinski definition) is 6. The van der Waals surface area contributed by atoms with Gasteiger partial charge in [-0.15, -0.1) is 0 Å². The lowest BCUT2D eigenvalue weighted by molar-refractivity contribution is -0.384. The number of nitro benzene ring substituents is 1. The molecule has 0 radical (unpaired) electrons. The molecule has 148 valence electrons. The van der Waals surface area contributed by atoms with Crippen molar-refractivity contribution >= 4 is 17.3 Å². The predicted octanol–water partition coefficient (Wildman–Crippen LogP) is 3.47. The molecule has 1 N–H and O–H groups in total. The van der Waals surface area contributed by atoms with Crippen molar-refractivity contribution in [1.82, 2.24) is 4.98 Å². The van der Waals surface area contributed by atoms with E-state index < -0.39 is 10.3 Å². The Morgan fingerprint density at radius 3 is 2.46 bits per heavy atom. The third kappa shape index (κ3) is 4.28. The molecule has 1 aromatic carbocycles. The van der Waals surface area contributed by atoms with E-state index in [0.29, 0.717) is 37.6 Å². The molecule has 0 atom stereocenters. The quantitative estimate of drug-likeness (QED) is 0.424. The molecule has 3 rings (SSSR count). The molecular weight excluding hydrogens is 362 g/mol. The number of ether oxygens (including phenoxy) is 2. The number of pyridine rings is 1. The van der Waals surface area contributed by atoms with Crippen LogP contribution in [-0.2, 0) is 14.9 Å². The van der Waals surface area contributed by atoms with Gasteiger partial charge in [-0.2, -0.15) is 0 Å². The Balaban J connectivity index is 1.73. The van der Waals surface area contributed by atoms with E-state index in [2.05, 4.69) is 10.3 Å². The number of anilines is 1.